The maximum absolute atomic E-state index is 12.0. The van der Waals surface area contributed by atoms with E-state index in [0.29, 0.717) is 0 Å². The van der Waals surface area contributed by atoms with Gasteiger partial charge in [-0.2, -0.15) is 0 Å². The molecule has 0 radical (unpaired) electrons. The van der Waals surface area contributed by atoms with Gasteiger partial charge < -0.3 is 10.6 Å². The third-order valence-corrected chi connectivity index (χ3v) is 4.29. The van der Waals surface area contributed by atoms with Crippen LogP contribution >= 0.6 is 0 Å². The van der Waals surface area contributed by atoms with Crippen LogP contribution in [-0.2, 0) is 4.79 Å². The molecule has 0 spiro atoms. The quantitative estimate of drug-likeness (QED) is 0.436. The molecule has 0 unspecified atom stereocenters. The zero-order chi connectivity index (χ0) is 16.5. The molecular formula is C17H25N3O3. The van der Waals surface area contributed by atoms with E-state index in [1.165, 1.54) is 31.4 Å². The molecule has 1 saturated carbocycles. The Balaban J connectivity index is 1.55. The highest BCUT2D eigenvalue weighted by Gasteiger charge is 2.20. The average molecular weight is 319 g/mol. The van der Waals surface area contributed by atoms with Crippen molar-refractivity contribution >= 4 is 17.3 Å². The normalized spacial score (nSPS) is 15.1. The van der Waals surface area contributed by atoms with Crippen LogP contribution in [0.25, 0.3) is 0 Å². The van der Waals surface area contributed by atoms with Crippen LogP contribution in [-0.4, -0.2) is 23.9 Å². The molecule has 1 fully saturated rings. The number of benzene rings is 1. The van der Waals surface area contributed by atoms with E-state index in [2.05, 4.69) is 10.6 Å². The van der Waals surface area contributed by atoms with Crippen LogP contribution in [0.1, 0.15) is 44.9 Å². The molecule has 1 aromatic carbocycles. The fraction of sp³-hybridized carbons (Fsp3) is 0.588. The lowest BCUT2D eigenvalue weighted by Gasteiger charge is -2.20. The number of hydrogen-bond donors (Lipinski definition) is 2. The first-order valence-corrected chi connectivity index (χ1v) is 8.43. The van der Waals surface area contributed by atoms with Crippen LogP contribution in [0.4, 0.5) is 11.4 Å². The smallest absolute Gasteiger partial charge is 0.269 e. The van der Waals surface area contributed by atoms with Crippen molar-refractivity contribution in [3.63, 3.8) is 0 Å². The molecule has 6 nitrogen and oxygen atoms in total. The zero-order valence-electron chi connectivity index (χ0n) is 13.4. The first kappa shape index (κ1) is 17.2. The lowest BCUT2D eigenvalue weighted by molar-refractivity contribution is -0.384. The van der Waals surface area contributed by atoms with Crippen molar-refractivity contribution < 1.29 is 9.72 Å². The minimum absolute atomic E-state index is 0.0981. The molecule has 2 rings (SSSR count). The van der Waals surface area contributed by atoms with E-state index in [1.54, 1.807) is 12.1 Å². The second-order valence-electron chi connectivity index (χ2n) is 6.06. The second kappa shape index (κ2) is 9.12. The number of rotatable bonds is 8. The molecule has 1 amide bonds. The van der Waals surface area contributed by atoms with Gasteiger partial charge in [-0.3, -0.25) is 14.9 Å². The van der Waals surface area contributed by atoms with Crippen LogP contribution in [0.15, 0.2) is 24.3 Å². The van der Waals surface area contributed by atoms with Gasteiger partial charge in [0.1, 0.15) is 0 Å². The molecule has 126 valence electrons. The Hall–Kier alpha value is -2.11. The third kappa shape index (κ3) is 5.88. The summed E-state index contributed by atoms with van der Waals surface area (Å²) in [4.78, 5) is 22.1. The highest BCUT2D eigenvalue weighted by molar-refractivity contribution is 5.78. The topological polar surface area (TPSA) is 84.3 Å². The van der Waals surface area contributed by atoms with Gasteiger partial charge in [0.2, 0.25) is 5.91 Å². The minimum Gasteiger partial charge on any atom is -0.385 e. The summed E-state index contributed by atoms with van der Waals surface area (Å²) >= 11 is 0. The fourth-order valence-corrected chi connectivity index (χ4v) is 2.90. The number of amides is 1. The number of non-ortho nitro benzene ring substituents is 1. The van der Waals surface area contributed by atoms with Gasteiger partial charge in [-0.15, -0.1) is 0 Å². The minimum atomic E-state index is -0.404. The summed E-state index contributed by atoms with van der Waals surface area (Å²) in [6.07, 6.45) is 7.56. The Morgan fingerprint density at radius 2 is 1.74 bits per heavy atom. The van der Waals surface area contributed by atoms with Crippen molar-refractivity contribution in [2.75, 3.05) is 18.4 Å². The average Bonchev–Trinajstić information content (AvgIpc) is 2.59. The Bertz CT molecular complexity index is 510. The van der Waals surface area contributed by atoms with Crippen molar-refractivity contribution in [1.29, 1.82) is 0 Å². The summed E-state index contributed by atoms with van der Waals surface area (Å²) in [6, 6.07) is 6.41. The van der Waals surface area contributed by atoms with Crippen molar-refractivity contribution in [2.24, 2.45) is 5.92 Å². The van der Waals surface area contributed by atoms with Gasteiger partial charge in [0.25, 0.3) is 5.69 Å². The first-order chi connectivity index (χ1) is 11.2. The molecule has 1 aliphatic carbocycles. The SMILES string of the molecule is O=C(NCCCCNc1ccc([N+](=O)[O-])cc1)C1CCCCC1. The van der Waals surface area contributed by atoms with Crippen LogP contribution in [0.5, 0.6) is 0 Å². The number of nitrogens with zero attached hydrogens (tertiary/aromatic N) is 1. The largest absolute Gasteiger partial charge is 0.385 e. The summed E-state index contributed by atoms with van der Waals surface area (Å²) in [6.45, 7) is 1.51. The molecule has 2 N–H and O–H groups in total. The van der Waals surface area contributed by atoms with Gasteiger partial charge in [0.05, 0.1) is 4.92 Å². The van der Waals surface area contributed by atoms with E-state index in [0.717, 1.165) is 44.5 Å². The maximum Gasteiger partial charge on any atom is 0.269 e. The Morgan fingerprint density at radius 1 is 1.09 bits per heavy atom. The summed E-state index contributed by atoms with van der Waals surface area (Å²) in [5.74, 6) is 0.440. The lowest BCUT2D eigenvalue weighted by atomic mass is 9.89. The first-order valence-electron chi connectivity index (χ1n) is 8.43. The molecule has 0 heterocycles. The van der Waals surface area contributed by atoms with E-state index < -0.39 is 4.92 Å². The summed E-state index contributed by atoms with van der Waals surface area (Å²) in [5, 5.41) is 16.8. The lowest BCUT2D eigenvalue weighted by Crippen LogP contribution is -2.32. The molecule has 1 aliphatic rings. The van der Waals surface area contributed by atoms with E-state index in [9.17, 15) is 14.9 Å². The Morgan fingerprint density at radius 3 is 2.39 bits per heavy atom. The van der Waals surface area contributed by atoms with Gasteiger partial charge >= 0.3 is 0 Å². The molecule has 1 aromatic rings. The molecule has 0 atom stereocenters. The number of hydrogen-bond acceptors (Lipinski definition) is 4. The molecule has 6 heteroatoms. The van der Waals surface area contributed by atoms with E-state index >= 15 is 0 Å². The van der Waals surface area contributed by atoms with Crippen LogP contribution in [0.3, 0.4) is 0 Å². The number of nitro groups is 1. The fourth-order valence-electron chi connectivity index (χ4n) is 2.90. The number of nitrogens with one attached hydrogen (secondary N) is 2. The van der Waals surface area contributed by atoms with Crippen molar-refractivity contribution in [1.82, 2.24) is 5.32 Å². The van der Waals surface area contributed by atoms with Gasteiger partial charge in [-0.05, 0) is 37.8 Å². The van der Waals surface area contributed by atoms with E-state index in [-0.39, 0.29) is 17.5 Å². The zero-order valence-corrected chi connectivity index (χ0v) is 13.4. The van der Waals surface area contributed by atoms with Crippen molar-refractivity contribution in [3.8, 4) is 0 Å². The summed E-state index contributed by atoms with van der Waals surface area (Å²) in [5.41, 5.74) is 0.975. The van der Waals surface area contributed by atoms with Crippen molar-refractivity contribution in [3.05, 3.63) is 34.4 Å². The highest BCUT2D eigenvalue weighted by atomic mass is 16.6. The molecule has 0 aliphatic heterocycles. The third-order valence-electron chi connectivity index (χ3n) is 4.29. The maximum atomic E-state index is 12.0. The predicted octanol–water partition coefficient (Wildman–Crippen LogP) is 3.48. The molecular weight excluding hydrogens is 294 g/mol. The Labute approximate surface area is 136 Å². The van der Waals surface area contributed by atoms with Crippen LogP contribution < -0.4 is 10.6 Å². The number of carbonyl (C=O) groups is 1. The monoisotopic (exact) mass is 319 g/mol. The van der Waals surface area contributed by atoms with E-state index in [4.69, 9.17) is 0 Å². The standard InChI is InChI=1S/C17H25N3O3/c21-17(14-6-2-1-3-7-14)19-13-5-4-12-18-15-8-10-16(11-9-15)20(22)23/h8-11,14,18H,1-7,12-13H2,(H,19,21). The van der Waals surface area contributed by atoms with Gasteiger partial charge in [0, 0.05) is 36.8 Å². The van der Waals surface area contributed by atoms with E-state index in [1.807, 2.05) is 0 Å². The molecule has 0 saturated heterocycles. The summed E-state index contributed by atoms with van der Waals surface area (Å²) in [7, 11) is 0. The predicted molar refractivity (Wildman–Crippen MR) is 90.4 cm³/mol. The number of anilines is 1. The number of unbranched alkanes of at least 4 members (excludes halogenated alkanes) is 1. The van der Waals surface area contributed by atoms with Crippen molar-refractivity contribution in [2.45, 2.75) is 44.9 Å². The molecule has 23 heavy (non-hydrogen) atoms. The van der Waals surface area contributed by atoms with Crippen LogP contribution in [0, 0.1) is 16.0 Å². The Kier molecular flexibility index (Phi) is 6.84. The molecule has 0 aromatic heterocycles. The van der Waals surface area contributed by atoms with Crippen LogP contribution in [0.2, 0.25) is 0 Å². The highest BCUT2D eigenvalue weighted by Crippen LogP contribution is 2.23. The number of carbonyl (C=O) groups excluding carboxylic acids is 1. The second-order valence-corrected chi connectivity index (χ2v) is 6.06. The number of nitro benzene ring substituents is 1. The van der Waals surface area contributed by atoms with Gasteiger partial charge in [-0.1, -0.05) is 19.3 Å². The summed E-state index contributed by atoms with van der Waals surface area (Å²) < 4.78 is 0. The van der Waals surface area contributed by atoms with Gasteiger partial charge in [-0.25, -0.2) is 0 Å². The molecule has 0 bridgehead atoms. The van der Waals surface area contributed by atoms with Gasteiger partial charge in [0.15, 0.2) is 0 Å².